The van der Waals surface area contributed by atoms with Gasteiger partial charge in [0.25, 0.3) is 0 Å². The van der Waals surface area contributed by atoms with Gasteiger partial charge in [-0.15, -0.1) is 10.2 Å². The average Bonchev–Trinajstić information content (AvgIpc) is 3.26. The average molecular weight is 412 g/mol. The van der Waals surface area contributed by atoms with Gasteiger partial charge in [0, 0.05) is 48.3 Å². The van der Waals surface area contributed by atoms with Crippen LogP contribution in [0, 0.1) is 0 Å². The topological polar surface area (TPSA) is 56.0 Å². The number of amides is 1. The van der Waals surface area contributed by atoms with E-state index in [4.69, 9.17) is 0 Å². The molecule has 1 aliphatic rings. The smallest absolute Gasteiger partial charge is 0.233 e. The number of rotatable bonds is 5. The van der Waals surface area contributed by atoms with Crippen molar-refractivity contribution in [2.24, 2.45) is 7.05 Å². The molecule has 29 heavy (non-hydrogen) atoms. The van der Waals surface area contributed by atoms with E-state index in [0.717, 1.165) is 35.9 Å². The Labute approximate surface area is 176 Å². The molecule has 0 bridgehead atoms. The number of piperidine rings is 1. The third-order valence-corrected chi connectivity index (χ3v) is 7.02. The van der Waals surface area contributed by atoms with E-state index in [1.54, 1.807) is 0 Å². The van der Waals surface area contributed by atoms with Gasteiger partial charge in [-0.1, -0.05) is 30.0 Å². The standard InChI is InChI=1S/C22H29N5OS/c1-5-26-13-18(17-11-6-7-12-19(17)26)21-23-24-22(25(21)4)29-14-20(28)27-15(2)9-8-10-16(27)3/h6-7,11-13,15-16H,5,8-10,14H2,1-4H3. The number of fused-ring (bicyclic) bond motifs is 1. The summed E-state index contributed by atoms with van der Waals surface area (Å²) < 4.78 is 4.23. The molecule has 2 unspecified atom stereocenters. The van der Waals surface area contributed by atoms with E-state index in [0.29, 0.717) is 17.8 Å². The molecule has 0 saturated carbocycles. The SMILES string of the molecule is CCn1cc(-c2nnc(SCC(=O)N3C(C)CCCC3C)n2C)c2ccccc21. The zero-order chi connectivity index (χ0) is 20.5. The van der Waals surface area contributed by atoms with Crippen LogP contribution in [-0.2, 0) is 18.4 Å². The maximum Gasteiger partial charge on any atom is 0.233 e. The van der Waals surface area contributed by atoms with Crippen LogP contribution in [0.2, 0.25) is 0 Å². The maximum absolute atomic E-state index is 12.8. The molecule has 3 aromatic rings. The molecule has 1 fully saturated rings. The molecule has 1 aromatic carbocycles. The number of aromatic nitrogens is 4. The lowest BCUT2D eigenvalue weighted by atomic mass is 9.98. The summed E-state index contributed by atoms with van der Waals surface area (Å²) in [4.78, 5) is 14.9. The van der Waals surface area contributed by atoms with Crippen LogP contribution in [0.25, 0.3) is 22.3 Å². The van der Waals surface area contributed by atoms with Crippen molar-refractivity contribution in [2.45, 2.75) is 63.8 Å². The van der Waals surface area contributed by atoms with E-state index >= 15 is 0 Å². The predicted molar refractivity (Wildman–Crippen MR) is 118 cm³/mol. The Kier molecular flexibility index (Phi) is 5.67. The zero-order valence-electron chi connectivity index (χ0n) is 17.6. The van der Waals surface area contributed by atoms with Gasteiger partial charge in [0.1, 0.15) is 0 Å². The van der Waals surface area contributed by atoms with E-state index in [2.05, 4.69) is 70.9 Å². The minimum atomic E-state index is 0.196. The van der Waals surface area contributed by atoms with Crippen LogP contribution in [0.4, 0.5) is 0 Å². The number of carbonyl (C=O) groups is 1. The third kappa shape index (κ3) is 3.68. The molecule has 3 heterocycles. The van der Waals surface area contributed by atoms with Gasteiger partial charge in [-0.2, -0.15) is 0 Å². The Balaban J connectivity index is 1.55. The second kappa shape index (κ2) is 8.22. The van der Waals surface area contributed by atoms with Crippen LogP contribution in [0.1, 0.15) is 40.0 Å². The molecule has 1 aliphatic heterocycles. The van der Waals surface area contributed by atoms with E-state index in [1.165, 1.54) is 29.1 Å². The molecule has 2 aromatic heterocycles. The summed E-state index contributed by atoms with van der Waals surface area (Å²) in [6.07, 6.45) is 5.54. The van der Waals surface area contributed by atoms with Gasteiger partial charge in [-0.25, -0.2) is 0 Å². The molecule has 0 radical (unpaired) electrons. The molecule has 1 saturated heterocycles. The molecule has 1 amide bonds. The highest BCUT2D eigenvalue weighted by Crippen LogP contribution is 2.31. The molecule has 4 rings (SSSR count). The Morgan fingerprint density at radius 1 is 1.17 bits per heavy atom. The predicted octanol–water partition coefficient (Wildman–Crippen LogP) is 4.34. The summed E-state index contributed by atoms with van der Waals surface area (Å²) in [5.41, 5.74) is 2.28. The quantitative estimate of drug-likeness (QED) is 0.586. The molecule has 2 atom stereocenters. The number of likely N-dealkylation sites (tertiary alicyclic amines) is 1. The third-order valence-electron chi connectivity index (χ3n) is 6.01. The normalized spacial score (nSPS) is 19.8. The van der Waals surface area contributed by atoms with E-state index in [1.807, 2.05) is 11.6 Å². The van der Waals surface area contributed by atoms with E-state index < -0.39 is 0 Å². The van der Waals surface area contributed by atoms with Crippen molar-refractivity contribution in [2.75, 3.05) is 5.75 Å². The fourth-order valence-electron chi connectivity index (χ4n) is 4.48. The lowest BCUT2D eigenvalue weighted by molar-refractivity contribution is -0.134. The lowest BCUT2D eigenvalue weighted by Crippen LogP contribution is -2.48. The maximum atomic E-state index is 12.8. The summed E-state index contributed by atoms with van der Waals surface area (Å²) in [6, 6.07) is 9.01. The Morgan fingerprint density at radius 3 is 2.62 bits per heavy atom. The van der Waals surface area contributed by atoms with Crippen LogP contribution >= 0.6 is 11.8 Å². The first-order chi connectivity index (χ1) is 14.0. The first-order valence-electron chi connectivity index (χ1n) is 10.4. The second-order valence-corrected chi connectivity index (χ2v) is 8.87. The molecule has 7 heteroatoms. The van der Waals surface area contributed by atoms with E-state index in [9.17, 15) is 4.79 Å². The second-order valence-electron chi connectivity index (χ2n) is 7.93. The van der Waals surface area contributed by atoms with Crippen molar-refractivity contribution >= 4 is 28.6 Å². The lowest BCUT2D eigenvalue weighted by Gasteiger charge is -2.39. The minimum absolute atomic E-state index is 0.196. The summed E-state index contributed by atoms with van der Waals surface area (Å²) in [5.74, 6) is 1.43. The van der Waals surface area contributed by atoms with Gasteiger partial charge < -0.3 is 14.0 Å². The number of nitrogens with zero attached hydrogens (tertiary/aromatic N) is 5. The molecular formula is C22H29N5OS. The summed E-state index contributed by atoms with van der Waals surface area (Å²) in [7, 11) is 1.98. The van der Waals surface area contributed by atoms with Gasteiger partial charge in [-0.05, 0) is 46.1 Å². The molecule has 0 aliphatic carbocycles. The van der Waals surface area contributed by atoms with Gasteiger partial charge in [0.2, 0.25) is 5.91 Å². The molecule has 154 valence electrons. The van der Waals surface area contributed by atoms with Crippen molar-refractivity contribution in [3.8, 4) is 11.4 Å². The van der Waals surface area contributed by atoms with Crippen LogP contribution in [0.15, 0.2) is 35.6 Å². The van der Waals surface area contributed by atoms with Crippen molar-refractivity contribution < 1.29 is 4.79 Å². The number of para-hydroxylation sites is 1. The number of aryl methyl sites for hydroxylation is 1. The first kappa shape index (κ1) is 20.0. The minimum Gasteiger partial charge on any atom is -0.347 e. The Morgan fingerprint density at radius 2 is 1.90 bits per heavy atom. The Hall–Kier alpha value is -2.28. The number of thioether (sulfide) groups is 1. The van der Waals surface area contributed by atoms with Crippen molar-refractivity contribution in [1.29, 1.82) is 0 Å². The van der Waals surface area contributed by atoms with Crippen LogP contribution in [0.3, 0.4) is 0 Å². The van der Waals surface area contributed by atoms with Crippen molar-refractivity contribution in [3.63, 3.8) is 0 Å². The first-order valence-corrected chi connectivity index (χ1v) is 11.4. The molecule has 6 nitrogen and oxygen atoms in total. The molecule has 0 spiro atoms. The van der Waals surface area contributed by atoms with Crippen LogP contribution in [-0.4, -0.2) is 48.0 Å². The largest absolute Gasteiger partial charge is 0.347 e. The highest BCUT2D eigenvalue weighted by Gasteiger charge is 2.29. The van der Waals surface area contributed by atoms with E-state index in [-0.39, 0.29) is 5.91 Å². The highest BCUT2D eigenvalue weighted by atomic mass is 32.2. The number of carbonyl (C=O) groups excluding carboxylic acids is 1. The number of benzene rings is 1. The van der Waals surface area contributed by atoms with Gasteiger partial charge in [0.05, 0.1) is 5.75 Å². The van der Waals surface area contributed by atoms with Gasteiger partial charge in [-0.3, -0.25) is 4.79 Å². The molecule has 0 N–H and O–H groups in total. The van der Waals surface area contributed by atoms with Gasteiger partial charge >= 0.3 is 0 Å². The monoisotopic (exact) mass is 411 g/mol. The fourth-order valence-corrected chi connectivity index (χ4v) is 5.26. The summed E-state index contributed by atoms with van der Waals surface area (Å²) in [6.45, 7) is 7.35. The Bertz CT molecular complexity index is 1010. The van der Waals surface area contributed by atoms with Gasteiger partial charge in [0.15, 0.2) is 11.0 Å². The number of hydrogen-bond donors (Lipinski definition) is 0. The van der Waals surface area contributed by atoms with Crippen molar-refractivity contribution in [1.82, 2.24) is 24.2 Å². The van der Waals surface area contributed by atoms with Crippen LogP contribution in [0.5, 0.6) is 0 Å². The molecular weight excluding hydrogens is 382 g/mol. The number of hydrogen-bond acceptors (Lipinski definition) is 4. The zero-order valence-corrected chi connectivity index (χ0v) is 18.4. The van der Waals surface area contributed by atoms with Crippen LogP contribution < -0.4 is 0 Å². The highest BCUT2D eigenvalue weighted by molar-refractivity contribution is 7.99. The summed E-state index contributed by atoms with van der Waals surface area (Å²) >= 11 is 1.48. The fraction of sp³-hybridized carbons (Fsp3) is 0.500. The summed E-state index contributed by atoms with van der Waals surface area (Å²) in [5, 5.41) is 10.8. The van der Waals surface area contributed by atoms with Crippen molar-refractivity contribution in [3.05, 3.63) is 30.5 Å².